The van der Waals surface area contributed by atoms with Crippen molar-refractivity contribution in [3.05, 3.63) is 59.8 Å². The van der Waals surface area contributed by atoms with Crippen LogP contribution in [0.15, 0.2) is 48.5 Å². The predicted octanol–water partition coefficient (Wildman–Crippen LogP) is 4.64. The fraction of sp³-hybridized carbons (Fsp3) is 0.320. The fourth-order valence-corrected chi connectivity index (χ4v) is 4.23. The number of hydrogen-bond donors (Lipinski definition) is 3. The summed E-state index contributed by atoms with van der Waals surface area (Å²) in [4.78, 5) is 24.4. The smallest absolute Gasteiger partial charge is 0.342 e. The number of ether oxygens (including phenoxy) is 1. The standard InChI is InChI=1S/C25H28N4O4/c1-16(30)27-19-9-12-21(24(31)13-19)22-14-23(18-5-3-4-6-18)29(28-22)25(32)26-15-17-7-10-20(33-2)11-8-17/h7-14,18,31H,3-6,15H2,1-2H3,(H,26,32)(H,27,30). The lowest BCUT2D eigenvalue weighted by atomic mass is 10.0. The molecule has 3 N–H and O–H groups in total. The first kappa shape index (κ1) is 22.4. The van der Waals surface area contributed by atoms with Gasteiger partial charge in [0.15, 0.2) is 0 Å². The van der Waals surface area contributed by atoms with E-state index in [-0.39, 0.29) is 23.6 Å². The number of nitrogens with one attached hydrogen (secondary N) is 2. The van der Waals surface area contributed by atoms with Gasteiger partial charge in [-0.1, -0.05) is 25.0 Å². The van der Waals surface area contributed by atoms with Gasteiger partial charge < -0.3 is 20.5 Å². The van der Waals surface area contributed by atoms with Crippen molar-refractivity contribution in [2.45, 2.75) is 45.1 Å². The van der Waals surface area contributed by atoms with Crippen LogP contribution < -0.4 is 15.4 Å². The van der Waals surface area contributed by atoms with Gasteiger partial charge in [-0.25, -0.2) is 4.79 Å². The highest BCUT2D eigenvalue weighted by Gasteiger charge is 2.26. The Labute approximate surface area is 192 Å². The molecule has 1 heterocycles. The Hall–Kier alpha value is -3.81. The molecule has 1 aliphatic rings. The van der Waals surface area contributed by atoms with Crippen LogP contribution in [-0.4, -0.2) is 33.9 Å². The average molecular weight is 449 g/mol. The quantitative estimate of drug-likeness (QED) is 0.510. The number of nitrogens with zero attached hydrogens (tertiary/aromatic N) is 2. The Morgan fingerprint density at radius 2 is 1.85 bits per heavy atom. The molecule has 33 heavy (non-hydrogen) atoms. The van der Waals surface area contributed by atoms with Crippen LogP contribution >= 0.6 is 0 Å². The van der Waals surface area contributed by atoms with E-state index in [1.807, 2.05) is 30.3 Å². The molecule has 0 unspecified atom stereocenters. The third-order valence-corrected chi connectivity index (χ3v) is 5.90. The fourth-order valence-electron chi connectivity index (χ4n) is 4.23. The SMILES string of the molecule is COc1ccc(CNC(=O)n2nc(-c3ccc(NC(C)=O)cc3O)cc2C2CCCC2)cc1. The maximum atomic E-state index is 13.1. The van der Waals surface area contributed by atoms with Gasteiger partial charge in [0.05, 0.1) is 18.5 Å². The maximum Gasteiger partial charge on any atom is 0.342 e. The number of methoxy groups -OCH3 is 1. The minimum absolute atomic E-state index is 0.0116. The molecule has 0 atom stereocenters. The van der Waals surface area contributed by atoms with Crippen LogP contribution in [0.4, 0.5) is 10.5 Å². The van der Waals surface area contributed by atoms with E-state index in [9.17, 15) is 14.7 Å². The zero-order valence-electron chi connectivity index (χ0n) is 18.8. The van der Waals surface area contributed by atoms with Gasteiger partial charge in [0.1, 0.15) is 11.5 Å². The Morgan fingerprint density at radius 1 is 1.12 bits per heavy atom. The highest BCUT2D eigenvalue weighted by Crippen LogP contribution is 2.37. The summed E-state index contributed by atoms with van der Waals surface area (Å²) < 4.78 is 6.60. The maximum absolute atomic E-state index is 13.1. The summed E-state index contributed by atoms with van der Waals surface area (Å²) in [7, 11) is 1.61. The molecule has 1 aliphatic carbocycles. The molecule has 3 aromatic rings. The topological polar surface area (TPSA) is 105 Å². The molecule has 0 saturated heterocycles. The number of phenols is 1. The van der Waals surface area contributed by atoms with Gasteiger partial charge in [0.2, 0.25) is 5.91 Å². The average Bonchev–Trinajstić information content (AvgIpc) is 3.47. The number of hydrogen-bond acceptors (Lipinski definition) is 5. The second kappa shape index (κ2) is 9.77. The highest BCUT2D eigenvalue weighted by molar-refractivity contribution is 5.89. The number of aromatic hydroxyl groups is 1. The molecule has 0 radical (unpaired) electrons. The van der Waals surface area contributed by atoms with Crippen molar-refractivity contribution in [2.75, 3.05) is 12.4 Å². The predicted molar refractivity (Wildman–Crippen MR) is 125 cm³/mol. The molecule has 0 spiro atoms. The summed E-state index contributed by atoms with van der Waals surface area (Å²) in [5.74, 6) is 0.777. The zero-order valence-corrected chi connectivity index (χ0v) is 18.8. The van der Waals surface area contributed by atoms with Crippen molar-refractivity contribution >= 4 is 17.6 Å². The molecule has 0 bridgehead atoms. The van der Waals surface area contributed by atoms with E-state index < -0.39 is 0 Å². The van der Waals surface area contributed by atoms with E-state index in [1.165, 1.54) is 17.7 Å². The second-order valence-electron chi connectivity index (χ2n) is 8.27. The van der Waals surface area contributed by atoms with Crippen LogP contribution in [0, 0.1) is 0 Å². The summed E-state index contributed by atoms with van der Waals surface area (Å²) >= 11 is 0. The van der Waals surface area contributed by atoms with Crippen LogP contribution in [0.3, 0.4) is 0 Å². The number of carbonyl (C=O) groups is 2. The number of phenolic OH excluding ortho intramolecular Hbond substituents is 1. The van der Waals surface area contributed by atoms with Crippen molar-refractivity contribution < 1.29 is 19.4 Å². The van der Waals surface area contributed by atoms with E-state index in [0.717, 1.165) is 42.7 Å². The number of amides is 2. The highest BCUT2D eigenvalue weighted by atomic mass is 16.5. The van der Waals surface area contributed by atoms with Crippen LogP contribution in [0.25, 0.3) is 11.3 Å². The van der Waals surface area contributed by atoms with E-state index in [0.29, 0.717) is 23.5 Å². The first-order chi connectivity index (χ1) is 15.9. The van der Waals surface area contributed by atoms with Gasteiger partial charge in [-0.05, 0) is 48.7 Å². The number of rotatable bonds is 6. The molecular weight excluding hydrogens is 420 g/mol. The molecule has 8 heteroatoms. The monoisotopic (exact) mass is 448 g/mol. The molecule has 2 amide bonds. The third kappa shape index (κ3) is 5.16. The van der Waals surface area contributed by atoms with Crippen LogP contribution in [0.2, 0.25) is 0 Å². The van der Waals surface area contributed by atoms with Crippen molar-refractivity contribution in [1.29, 1.82) is 0 Å². The Morgan fingerprint density at radius 3 is 2.48 bits per heavy atom. The number of aromatic nitrogens is 2. The third-order valence-electron chi connectivity index (χ3n) is 5.90. The van der Waals surface area contributed by atoms with Crippen LogP contribution in [0.1, 0.15) is 49.8 Å². The first-order valence-corrected chi connectivity index (χ1v) is 11.1. The summed E-state index contributed by atoms with van der Waals surface area (Å²) in [6.07, 6.45) is 4.25. The van der Waals surface area contributed by atoms with Gasteiger partial charge in [-0.2, -0.15) is 9.78 Å². The lowest BCUT2D eigenvalue weighted by molar-refractivity contribution is -0.114. The van der Waals surface area contributed by atoms with Gasteiger partial charge >= 0.3 is 6.03 Å². The molecule has 1 aromatic heterocycles. The van der Waals surface area contributed by atoms with Gasteiger partial charge in [0, 0.05) is 36.7 Å². The summed E-state index contributed by atoms with van der Waals surface area (Å²) in [6.45, 7) is 1.77. The molecule has 172 valence electrons. The van der Waals surface area contributed by atoms with Gasteiger partial charge in [-0.15, -0.1) is 0 Å². The molecule has 0 aliphatic heterocycles. The number of benzene rings is 2. The molecule has 8 nitrogen and oxygen atoms in total. The minimum Gasteiger partial charge on any atom is -0.507 e. The van der Waals surface area contributed by atoms with Crippen molar-refractivity contribution in [2.24, 2.45) is 0 Å². The van der Waals surface area contributed by atoms with Crippen LogP contribution in [-0.2, 0) is 11.3 Å². The Kier molecular flexibility index (Phi) is 6.63. The lowest BCUT2D eigenvalue weighted by Crippen LogP contribution is -2.30. The minimum atomic E-state index is -0.312. The van der Waals surface area contributed by atoms with E-state index in [4.69, 9.17) is 4.74 Å². The molecule has 2 aromatic carbocycles. The summed E-state index contributed by atoms with van der Waals surface area (Å²) in [6, 6.07) is 14.0. The van der Waals surface area contributed by atoms with E-state index in [2.05, 4.69) is 15.7 Å². The van der Waals surface area contributed by atoms with Crippen molar-refractivity contribution in [3.63, 3.8) is 0 Å². The van der Waals surface area contributed by atoms with Gasteiger partial charge in [0.25, 0.3) is 0 Å². The largest absolute Gasteiger partial charge is 0.507 e. The van der Waals surface area contributed by atoms with Gasteiger partial charge in [-0.3, -0.25) is 4.79 Å². The first-order valence-electron chi connectivity index (χ1n) is 11.1. The second-order valence-corrected chi connectivity index (χ2v) is 8.27. The molecule has 4 rings (SSSR count). The number of carbonyl (C=O) groups excluding carboxylic acids is 2. The zero-order chi connectivity index (χ0) is 23.4. The summed E-state index contributed by atoms with van der Waals surface area (Å²) in [5, 5.41) is 20.7. The Balaban J connectivity index is 1.59. The molecular formula is C25H28N4O4. The molecule has 1 saturated carbocycles. The lowest BCUT2D eigenvalue weighted by Gasteiger charge is -2.12. The Bertz CT molecular complexity index is 1150. The van der Waals surface area contributed by atoms with E-state index >= 15 is 0 Å². The van der Waals surface area contributed by atoms with E-state index in [1.54, 1.807) is 19.2 Å². The summed E-state index contributed by atoms with van der Waals surface area (Å²) in [5.41, 5.74) is 3.31. The van der Waals surface area contributed by atoms with Crippen LogP contribution in [0.5, 0.6) is 11.5 Å². The normalized spacial score (nSPS) is 13.6. The van der Waals surface area contributed by atoms with Crippen molar-refractivity contribution in [3.8, 4) is 22.8 Å². The number of anilines is 1. The van der Waals surface area contributed by atoms with Crippen molar-refractivity contribution in [1.82, 2.24) is 15.1 Å². The molecule has 1 fully saturated rings.